The Hall–Kier alpha value is -1.36. The summed E-state index contributed by atoms with van der Waals surface area (Å²) in [6.45, 7) is 3.74. The molecule has 0 radical (unpaired) electrons. The number of nitrogens with zero attached hydrogens (tertiary/aromatic N) is 1. The minimum atomic E-state index is -0.187. The van der Waals surface area contributed by atoms with Gasteiger partial charge in [0.2, 0.25) is 0 Å². The van der Waals surface area contributed by atoms with E-state index in [4.69, 9.17) is 5.26 Å². The number of nitriles is 1. The molecular formula is C11H12FN. The fourth-order valence-corrected chi connectivity index (χ4v) is 1.44. The molecule has 0 N–H and O–H groups in total. The van der Waals surface area contributed by atoms with Crippen LogP contribution in [-0.4, -0.2) is 0 Å². The summed E-state index contributed by atoms with van der Waals surface area (Å²) in [6.07, 6.45) is 0.884. The minimum absolute atomic E-state index is 0.187. The summed E-state index contributed by atoms with van der Waals surface area (Å²) in [5, 5.41) is 8.39. The van der Waals surface area contributed by atoms with Crippen molar-refractivity contribution in [2.45, 2.75) is 26.7 Å². The molecule has 0 heterocycles. The molecule has 0 bridgehead atoms. The molecule has 0 aliphatic carbocycles. The van der Waals surface area contributed by atoms with Gasteiger partial charge in [-0.05, 0) is 43.0 Å². The van der Waals surface area contributed by atoms with Crippen molar-refractivity contribution in [1.82, 2.24) is 0 Å². The third-order valence-corrected chi connectivity index (χ3v) is 2.05. The number of halogens is 1. The number of benzene rings is 1. The van der Waals surface area contributed by atoms with Crippen molar-refractivity contribution in [2.75, 3.05) is 0 Å². The topological polar surface area (TPSA) is 23.8 Å². The van der Waals surface area contributed by atoms with Crippen LogP contribution in [0, 0.1) is 31.0 Å². The highest BCUT2D eigenvalue weighted by Crippen LogP contribution is 2.16. The maximum Gasteiger partial charge on any atom is 0.126 e. The first-order chi connectivity index (χ1) is 6.15. The average molecular weight is 177 g/mol. The summed E-state index contributed by atoms with van der Waals surface area (Å²) < 4.78 is 13.3. The Balaban J connectivity index is 3.00. The molecule has 0 aliphatic rings. The molecule has 13 heavy (non-hydrogen) atoms. The van der Waals surface area contributed by atoms with Gasteiger partial charge in [0.25, 0.3) is 0 Å². The van der Waals surface area contributed by atoms with Gasteiger partial charge >= 0.3 is 0 Å². The fraction of sp³-hybridized carbons (Fsp3) is 0.364. The van der Waals surface area contributed by atoms with Crippen molar-refractivity contribution < 1.29 is 4.39 Å². The second kappa shape index (κ2) is 4.04. The van der Waals surface area contributed by atoms with Gasteiger partial charge in [-0.3, -0.25) is 0 Å². The Morgan fingerprint density at radius 2 is 2.08 bits per heavy atom. The Morgan fingerprint density at radius 3 is 2.62 bits per heavy atom. The first-order valence-corrected chi connectivity index (χ1v) is 4.27. The lowest BCUT2D eigenvalue weighted by molar-refractivity contribution is 0.606. The standard InChI is InChI=1S/C11H12FN/c1-8-6-9(2)10(4-3-5-13)11(12)7-8/h6-7H,3-4H2,1-2H3. The van der Waals surface area contributed by atoms with E-state index in [1.54, 1.807) is 0 Å². The van der Waals surface area contributed by atoms with E-state index in [1.165, 1.54) is 6.07 Å². The zero-order valence-corrected chi connectivity index (χ0v) is 7.89. The Morgan fingerprint density at radius 1 is 1.38 bits per heavy atom. The van der Waals surface area contributed by atoms with Crippen LogP contribution in [0.1, 0.15) is 23.1 Å². The molecule has 2 heteroatoms. The number of rotatable bonds is 2. The molecule has 0 spiro atoms. The zero-order valence-electron chi connectivity index (χ0n) is 7.89. The van der Waals surface area contributed by atoms with Crippen LogP contribution in [0.4, 0.5) is 4.39 Å². The van der Waals surface area contributed by atoms with E-state index in [9.17, 15) is 4.39 Å². The Kier molecular flexibility index (Phi) is 3.02. The summed E-state index contributed by atoms with van der Waals surface area (Å²) in [7, 11) is 0. The number of hydrogen-bond acceptors (Lipinski definition) is 1. The quantitative estimate of drug-likeness (QED) is 0.681. The molecule has 0 fully saturated rings. The van der Waals surface area contributed by atoms with Crippen LogP contribution in [0.3, 0.4) is 0 Å². The lowest BCUT2D eigenvalue weighted by Gasteiger charge is -2.06. The van der Waals surface area contributed by atoms with Crippen LogP contribution in [0.2, 0.25) is 0 Å². The maximum absolute atomic E-state index is 13.3. The lowest BCUT2D eigenvalue weighted by atomic mass is 10.0. The van der Waals surface area contributed by atoms with E-state index in [1.807, 2.05) is 26.0 Å². The molecule has 0 unspecified atom stereocenters. The Bertz CT molecular complexity index is 327. The van der Waals surface area contributed by atoms with Crippen LogP contribution in [-0.2, 0) is 6.42 Å². The average Bonchev–Trinajstić information content (AvgIpc) is 2.02. The fourth-order valence-electron chi connectivity index (χ4n) is 1.44. The van der Waals surface area contributed by atoms with Crippen molar-refractivity contribution in [3.63, 3.8) is 0 Å². The highest BCUT2D eigenvalue weighted by Gasteiger charge is 2.05. The lowest BCUT2D eigenvalue weighted by Crippen LogP contribution is -1.95. The molecule has 68 valence electrons. The second-order valence-electron chi connectivity index (χ2n) is 3.20. The van der Waals surface area contributed by atoms with Gasteiger partial charge in [0.1, 0.15) is 5.82 Å². The summed E-state index contributed by atoms with van der Waals surface area (Å²) in [5.41, 5.74) is 2.54. The maximum atomic E-state index is 13.3. The largest absolute Gasteiger partial charge is 0.207 e. The minimum Gasteiger partial charge on any atom is -0.207 e. The summed E-state index contributed by atoms with van der Waals surface area (Å²) >= 11 is 0. The second-order valence-corrected chi connectivity index (χ2v) is 3.20. The molecular weight excluding hydrogens is 165 g/mol. The third kappa shape index (κ3) is 2.29. The molecule has 0 amide bonds. The van der Waals surface area contributed by atoms with Gasteiger partial charge in [-0.25, -0.2) is 4.39 Å². The van der Waals surface area contributed by atoms with Crippen LogP contribution in [0.15, 0.2) is 12.1 Å². The van der Waals surface area contributed by atoms with Gasteiger partial charge in [-0.15, -0.1) is 0 Å². The summed E-state index contributed by atoms with van der Waals surface area (Å²) in [4.78, 5) is 0. The highest BCUT2D eigenvalue weighted by atomic mass is 19.1. The van der Waals surface area contributed by atoms with Crippen LogP contribution >= 0.6 is 0 Å². The number of aryl methyl sites for hydroxylation is 2. The zero-order chi connectivity index (χ0) is 9.84. The van der Waals surface area contributed by atoms with Gasteiger partial charge in [0, 0.05) is 6.42 Å². The normalized spacial score (nSPS) is 9.69. The molecule has 0 saturated heterocycles. The molecule has 1 aromatic rings. The molecule has 1 nitrogen and oxygen atoms in total. The van der Waals surface area contributed by atoms with Crippen molar-refractivity contribution in [2.24, 2.45) is 0 Å². The molecule has 0 aliphatic heterocycles. The van der Waals surface area contributed by atoms with Gasteiger partial charge < -0.3 is 0 Å². The third-order valence-electron chi connectivity index (χ3n) is 2.05. The molecule has 0 saturated carbocycles. The first-order valence-electron chi connectivity index (χ1n) is 4.27. The molecule has 1 aromatic carbocycles. The SMILES string of the molecule is Cc1cc(C)c(CCC#N)c(F)c1. The van der Waals surface area contributed by atoms with Gasteiger partial charge in [-0.1, -0.05) is 6.07 Å². The predicted octanol–water partition coefficient (Wildman–Crippen LogP) is 2.90. The smallest absolute Gasteiger partial charge is 0.126 e. The van der Waals surface area contributed by atoms with E-state index in [0.717, 1.165) is 11.1 Å². The van der Waals surface area contributed by atoms with Crippen molar-refractivity contribution >= 4 is 0 Å². The molecule has 1 rings (SSSR count). The van der Waals surface area contributed by atoms with Crippen molar-refractivity contribution in [1.29, 1.82) is 5.26 Å². The first kappa shape index (κ1) is 9.73. The predicted molar refractivity (Wildman–Crippen MR) is 49.8 cm³/mol. The van der Waals surface area contributed by atoms with Crippen LogP contribution < -0.4 is 0 Å². The monoisotopic (exact) mass is 177 g/mol. The number of hydrogen-bond donors (Lipinski definition) is 0. The summed E-state index contributed by atoms with van der Waals surface area (Å²) in [5.74, 6) is -0.187. The van der Waals surface area contributed by atoms with E-state index in [-0.39, 0.29) is 5.82 Å². The van der Waals surface area contributed by atoms with E-state index in [2.05, 4.69) is 0 Å². The highest BCUT2D eigenvalue weighted by molar-refractivity contribution is 5.32. The van der Waals surface area contributed by atoms with Gasteiger partial charge in [-0.2, -0.15) is 5.26 Å². The van der Waals surface area contributed by atoms with E-state index in [0.29, 0.717) is 18.4 Å². The van der Waals surface area contributed by atoms with Gasteiger partial charge in [0.15, 0.2) is 0 Å². The summed E-state index contributed by atoms with van der Waals surface area (Å²) in [6, 6.07) is 5.47. The van der Waals surface area contributed by atoms with Crippen molar-refractivity contribution in [3.8, 4) is 6.07 Å². The van der Waals surface area contributed by atoms with Crippen molar-refractivity contribution in [3.05, 3.63) is 34.6 Å². The van der Waals surface area contributed by atoms with Crippen LogP contribution in [0.5, 0.6) is 0 Å². The van der Waals surface area contributed by atoms with Crippen LogP contribution in [0.25, 0.3) is 0 Å². The Labute approximate surface area is 77.8 Å². The van der Waals surface area contributed by atoms with Gasteiger partial charge in [0.05, 0.1) is 6.07 Å². The van der Waals surface area contributed by atoms with E-state index < -0.39 is 0 Å². The van der Waals surface area contributed by atoms with E-state index >= 15 is 0 Å². The molecule has 0 atom stereocenters. The molecule has 0 aromatic heterocycles.